The van der Waals surface area contributed by atoms with E-state index in [-0.39, 0.29) is 0 Å². The maximum atomic E-state index is 2.32. The van der Waals surface area contributed by atoms with Gasteiger partial charge in [-0.15, -0.1) is 0 Å². The molecule has 0 fully saturated rings. The van der Waals surface area contributed by atoms with Crippen LogP contribution < -0.4 is 0 Å². The fraction of sp³-hybridized carbons (Fsp3) is 0. The molecule has 7 aromatic rings. The SMILES string of the molecule is c1ccc(-c2ccc3c(-c4c5ccccc5c(-c5ccccc5)c5ccccc45)cccc3c2)cc1. The Balaban J connectivity index is 1.57. The van der Waals surface area contributed by atoms with Crippen molar-refractivity contribution < 1.29 is 0 Å². The van der Waals surface area contributed by atoms with Crippen molar-refractivity contribution in [2.75, 3.05) is 0 Å². The van der Waals surface area contributed by atoms with Crippen molar-refractivity contribution >= 4 is 32.3 Å². The lowest BCUT2D eigenvalue weighted by atomic mass is 9.84. The normalized spacial score (nSPS) is 11.3. The zero-order valence-corrected chi connectivity index (χ0v) is 19.9. The topological polar surface area (TPSA) is 0 Å². The Hall–Kier alpha value is -4.68. The Bertz CT molecular complexity index is 1810. The average Bonchev–Trinajstić information content (AvgIpc) is 2.96. The van der Waals surface area contributed by atoms with Crippen molar-refractivity contribution in [2.45, 2.75) is 0 Å². The van der Waals surface area contributed by atoms with Crippen LogP contribution in [0.1, 0.15) is 0 Å². The maximum Gasteiger partial charge on any atom is -0.00201 e. The summed E-state index contributed by atoms with van der Waals surface area (Å²) in [5.74, 6) is 0. The highest BCUT2D eigenvalue weighted by molar-refractivity contribution is 6.23. The van der Waals surface area contributed by atoms with Gasteiger partial charge in [0.25, 0.3) is 0 Å². The summed E-state index contributed by atoms with van der Waals surface area (Å²) in [6, 6.07) is 52.7. The molecule has 0 nitrogen and oxygen atoms in total. The molecule has 0 amide bonds. The van der Waals surface area contributed by atoms with Crippen molar-refractivity contribution in [3.63, 3.8) is 0 Å². The highest BCUT2D eigenvalue weighted by Crippen LogP contribution is 2.45. The number of rotatable bonds is 3. The monoisotopic (exact) mass is 456 g/mol. The van der Waals surface area contributed by atoms with E-state index in [2.05, 4.69) is 146 Å². The molecule has 0 heteroatoms. The maximum absolute atomic E-state index is 2.32. The molecule has 168 valence electrons. The first kappa shape index (κ1) is 20.7. The van der Waals surface area contributed by atoms with Gasteiger partial charge in [0.2, 0.25) is 0 Å². The summed E-state index contributed by atoms with van der Waals surface area (Å²) in [6.07, 6.45) is 0. The molecule has 0 saturated carbocycles. The summed E-state index contributed by atoms with van der Waals surface area (Å²) in [5.41, 5.74) is 7.62. The summed E-state index contributed by atoms with van der Waals surface area (Å²) in [7, 11) is 0. The van der Waals surface area contributed by atoms with E-state index in [4.69, 9.17) is 0 Å². The molecular weight excluding hydrogens is 432 g/mol. The molecule has 0 unspecified atom stereocenters. The van der Waals surface area contributed by atoms with E-state index in [0.717, 1.165) is 0 Å². The molecular formula is C36H24. The van der Waals surface area contributed by atoms with E-state index >= 15 is 0 Å². The van der Waals surface area contributed by atoms with E-state index in [1.807, 2.05) is 0 Å². The molecule has 0 N–H and O–H groups in total. The summed E-state index contributed by atoms with van der Waals surface area (Å²) < 4.78 is 0. The Morgan fingerprint density at radius 2 is 0.806 bits per heavy atom. The summed E-state index contributed by atoms with van der Waals surface area (Å²) in [6.45, 7) is 0. The average molecular weight is 457 g/mol. The van der Waals surface area contributed by atoms with Crippen LogP contribution in [0.2, 0.25) is 0 Å². The lowest BCUT2D eigenvalue weighted by molar-refractivity contribution is 1.64. The highest BCUT2D eigenvalue weighted by atomic mass is 14.2. The molecule has 0 saturated heterocycles. The predicted molar refractivity (Wildman–Crippen MR) is 155 cm³/mol. The molecule has 0 spiro atoms. The summed E-state index contributed by atoms with van der Waals surface area (Å²) in [5, 5.41) is 7.68. The van der Waals surface area contributed by atoms with Gasteiger partial charge in [-0.3, -0.25) is 0 Å². The van der Waals surface area contributed by atoms with Gasteiger partial charge in [-0.2, -0.15) is 0 Å². The van der Waals surface area contributed by atoms with Crippen molar-refractivity contribution in [1.82, 2.24) is 0 Å². The molecule has 0 radical (unpaired) electrons. The fourth-order valence-corrected chi connectivity index (χ4v) is 5.65. The van der Waals surface area contributed by atoms with Crippen molar-refractivity contribution in [1.29, 1.82) is 0 Å². The third-order valence-corrected chi connectivity index (χ3v) is 7.25. The second-order valence-corrected chi connectivity index (χ2v) is 9.31. The van der Waals surface area contributed by atoms with Crippen LogP contribution in [-0.4, -0.2) is 0 Å². The van der Waals surface area contributed by atoms with Crippen molar-refractivity contribution in [2.24, 2.45) is 0 Å². The highest BCUT2D eigenvalue weighted by Gasteiger charge is 2.17. The zero-order valence-electron chi connectivity index (χ0n) is 19.9. The van der Waals surface area contributed by atoms with Gasteiger partial charge < -0.3 is 0 Å². The van der Waals surface area contributed by atoms with E-state index in [1.165, 1.54) is 65.7 Å². The first-order valence-electron chi connectivity index (χ1n) is 12.5. The van der Waals surface area contributed by atoms with Gasteiger partial charge in [0.05, 0.1) is 0 Å². The van der Waals surface area contributed by atoms with Crippen LogP contribution in [-0.2, 0) is 0 Å². The minimum atomic E-state index is 1.24. The molecule has 0 bridgehead atoms. The Morgan fingerprint density at radius 3 is 1.42 bits per heavy atom. The van der Waals surface area contributed by atoms with Gasteiger partial charge in [0.15, 0.2) is 0 Å². The van der Waals surface area contributed by atoms with Gasteiger partial charge in [-0.05, 0) is 71.8 Å². The van der Waals surface area contributed by atoms with E-state index in [9.17, 15) is 0 Å². The Morgan fingerprint density at radius 1 is 0.278 bits per heavy atom. The summed E-state index contributed by atoms with van der Waals surface area (Å²) >= 11 is 0. The minimum Gasteiger partial charge on any atom is -0.0622 e. The number of hydrogen-bond acceptors (Lipinski definition) is 0. The van der Waals surface area contributed by atoms with Crippen molar-refractivity contribution in [3.05, 3.63) is 146 Å². The van der Waals surface area contributed by atoms with Gasteiger partial charge in [-0.25, -0.2) is 0 Å². The third-order valence-electron chi connectivity index (χ3n) is 7.25. The van der Waals surface area contributed by atoms with Gasteiger partial charge >= 0.3 is 0 Å². The Labute approximate surface area is 211 Å². The summed E-state index contributed by atoms with van der Waals surface area (Å²) in [4.78, 5) is 0. The fourth-order valence-electron chi connectivity index (χ4n) is 5.65. The molecule has 7 rings (SSSR count). The molecule has 36 heavy (non-hydrogen) atoms. The molecule has 7 aromatic carbocycles. The molecule has 0 aliphatic rings. The van der Waals surface area contributed by atoms with Crippen LogP contribution in [0.3, 0.4) is 0 Å². The quantitative estimate of drug-likeness (QED) is 0.232. The van der Waals surface area contributed by atoms with Gasteiger partial charge in [0.1, 0.15) is 0 Å². The number of benzene rings is 7. The number of fused-ring (bicyclic) bond motifs is 3. The second-order valence-electron chi connectivity index (χ2n) is 9.31. The van der Waals surface area contributed by atoms with Crippen LogP contribution in [0, 0.1) is 0 Å². The third kappa shape index (κ3) is 3.31. The van der Waals surface area contributed by atoms with Crippen LogP contribution in [0.4, 0.5) is 0 Å². The van der Waals surface area contributed by atoms with Crippen LogP contribution in [0.5, 0.6) is 0 Å². The zero-order chi connectivity index (χ0) is 23.9. The van der Waals surface area contributed by atoms with Gasteiger partial charge in [0, 0.05) is 0 Å². The minimum absolute atomic E-state index is 1.24. The van der Waals surface area contributed by atoms with E-state index in [1.54, 1.807) is 0 Å². The predicted octanol–water partition coefficient (Wildman–Crippen LogP) is 10.1. The first-order chi connectivity index (χ1) is 17.9. The standard InChI is InChI=1S/C36H24/c1-3-12-25(13-4-1)27-22-23-29-28(24-27)16-11-21-30(29)36-33-19-9-7-17-31(33)35(26-14-5-2-6-15-26)32-18-8-10-20-34(32)36/h1-24H. The lowest BCUT2D eigenvalue weighted by Crippen LogP contribution is -1.91. The lowest BCUT2D eigenvalue weighted by Gasteiger charge is -2.19. The largest absolute Gasteiger partial charge is 0.0622 e. The molecule has 0 aliphatic heterocycles. The van der Waals surface area contributed by atoms with Crippen LogP contribution in [0.25, 0.3) is 65.7 Å². The molecule has 0 heterocycles. The molecule has 0 atom stereocenters. The number of hydrogen-bond donors (Lipinski definition) is 0. The second kappa shape index (κ2) is 8.52. The van der Waals surface area contributed by atoms with E-state index in [0.29, 0.717) is 0 Å². The Kier molecular flexibility index (Phi) is 4.89. The molecule has 0 aromatic heterocycles. The molecule has 0 aliphatic carbocycles. The van der Waals surface area contributed by atoms with Gasteiger partial charge in [-0.1, -0.05) is 140 Å². The van der Waals surface area contributed by atoms with Crippen LogP contribution >= 0.6 is 0 Å². The van der Waals surface area contributed by atoms with E-state index < -0.39 is 0 Å². The van der Waals surface area contributed by atoms with Crippen LogP contribution in [0.15, 0.2) is 146 Å². The van der Waals surface area contributed by atoms with Crippen molar-refractivity contribution in [3.8, 4) is 33.4 Å². The smallest absolute Gasteiger partial charge is 0.00201 e. The first-order valence-corrected chi connectivity index (χ1v) is 12.5.